The molecule has 21 heavy (non-hydrogen) atoms. The standard InChI is InChI=1S/C15H24N4O2/c1-3-16-15(19-12-5-6-12)18-9-4-8-17-14(20)13-11(2)7-10-21-13/h7,10,12H,3-6,8-9H2,1-2H3,(H,17,20)(H2,16,18,19). The van der Waals surface area contributed by atoms with Gasteiger partial charge < -0.3 is 20.4 Å². The van der Waals surface area contributed by atoms with E-state index < -0.39 is 0 Å². The minimum atomic E-state index is -0.163. The van der Waals surface area contributed by atoms with E-state index in [1.165, 1.54) is 19.1 Å². The van der Waals surface area contributed by atoms with Crippen LogP contribution in [0.5, 0.6) is 0 Å². The van der Waals surface area contributed by atoms with Crippen molar-refractivity contribution in [3.63, 3.8) is 0 Å². The molecule has 0 aromatic carbocycles. The minimum Gasteiger partial charge on any atom is -0.459 e. The van der Waals surface area contributed by atoms with Crippen LogP contribution in [0.15, 0.2) is 21.7 Å². The van der Waals surface area contributed by atoms with Crippen molar-refractivity contribution in [1.29, 1.82) is 0 Å². The summed E-state index contributed by atoms with van der Waals surface area (Å²) in [6.07, 6.45) is 4.78. The molecule has 2 rings (SSSR count). The zero-order chi connectivity index (χ0) is 15.1. The maximum Gasteiger partial charge on any atom is 0.287 e. The average Bonchev–Trinajstić information content (AvgIpc) is 3.17. The van der Waals surface area contributed by atoms with Gasteiger partial charge in [0.25, 0.3) is 5.91 Å². The Hall–Kier alpha value is -1.98. The van der Waals surface area contributed by atoms with Crippen LogP contribution in [0.3, 0.4) is 0 Å². The first kappa shape index (κ1) is 15.4. The van der Waals surface area contributed by atoms with Gasteiger partial charge in [0.05, 0.1) is 6.26 Å². The van der Waals surface area contributed by atoms with Crippen LogP contribution in [-0.4, -0.2) is 37.5 Å². The normalized spacial score (nSPS) is 14.9. The van der Waals surface area contributed by atoms with Crippen molar-refractivity contribution in [2.75, 3.05) is 19.6 Å². The summed E-state index contributed by atoms with van der Waals surface area (Å²) in [4.78, 5) is 16.3. The van der Waals surface area contributed by atoms with Gasteiger partial charge in [0.2, 0.25) is 0 Å². The molecule has 0 unspecified atom stereocenters. The smallest absolute Gasteiger partial charge is 0.287 e. The number of aryl methyl sites for hydroxylation is 1. The van der Waals surface area contributed by atoms with E-state index in [-0.39, 0.29) is 5.91 Å². The third-order valence-corrected chi connectivity index (χ3v) is 3.22. The Kier molecular flexibility index (Phi) is 5.66. The molecule has 1 aromatic heterocycles. The van der Waals surface area contributed by atoms with Crippen molar-refractivity contribution in [2.24, 2.45) is 4.99 Å². The van der Waals surface area contributed by atoms with Crippen LogP contribution < -0.4 is 16.0 Å². The molecule has 1 amide bonds. The second-order valence-electron chi connectivity index (χ2n) is 5.22. The zero-order valence-corrected chi connectivity index (χ0v) is 12.7. The van der Waals surface area contributed by atoms with Gasteiger partial charge in [0, 0.05) is 31.2 Å². The molecule has 1 saturated carbocycles. The molecule has 6 heteroatoms. The van der Waals surface area contributed by atoms with E-state index in [9.17, 15) is 4.79 Å². The molecular formula is C15H24N4O2. The van der Waals surface area contributed by atoms with E-state index in [2.05, 4.69) is 27.9 Å². The Morgan fingerprint density at radius 1 is 1.43 bits per heavy atom. The van der Waals surface area contributed by atoms with Gasteiger partial charge >= 0.3 is 0 Å². The fraction of sp³-hybridized carbons (Fsp3) is 0.600. The van der Waals surface area contributed by atoms with Crippen molar-refractivity contribution in [2.45, 2.75) is 39.2 Å². The number of nitrogens with zero attached hydrogens (tertiary/aromatic N) is 1. The van der Waals surface area contributed by atoms with Crippen LogP contribution >= 0.6 is 0 Å². The van der Waals surface area contributed by atoms with E-state index in [0.29, 0.717) is 24.9 Å². The molecule has 1 fully saturated rings. The Labute approximate surface area is 125 Å². The number of guanidine groups is 1. The monoisotopic (exact) mass is 292 g/mol. The predicted octanol–water partition coefficient (Wildman–Crippen LogP) is 1.43. The van der Waals surface area contributed by atoms with E-state index >= 15 is 0 Å². The molecule has 6 nitrogen and oxygen atoms in total. The van der Waals surface area contributed by atoms with Gasteiger partial charge in [-0.05, 0) is 39.2 Å². The van der Waals surface area contributed by atoms with E-state index in [1.807, 2.05) is 6.92 Å². The molecule has 1 aromatic rings. The molecule has 0 bridgehead atoms. The largest absolute Gasteiger partial charge is 0.459 e. The van der Waals surface area contributed by atoms with Crippen LogP contribution in [0.1, 0.15) is 42.3 Å². The summed E-state index contributed by atoms with van der Waals surface area (Å²) in [5.41, 5.74) is 0.855. The first-order chi connectivity index (χ1) is 10.2. The molecule has 1 heterocycles. The lowest BCUT2D eigenvalue weighted by Gasteiger charge is -2.10. The molecular weight excluding hydrogens is 268 g/mol. The van der Waals surface area contributed by atoms with Crippen molar-refractivity contribution in [3.05, 3.63) is 23.7 Å². The summed E-state index contributed by atoms with van der Waals surface area (Å²) in [6.45, 7) is 6.03. The Bertz CT molecular complexity index is 492. The van der Waals surface area contributed by atoms with E-state index in [4.69, 9.17) is 4.42 Å². The lowest BCUT2D eigenvalue weighted by atomic mass is 10.2. The van der Waals surface area contributed by atoms with Crippen LogP contribution in [0.4, 0.5) is 0 Å². The maximum atomic E-state index is 11.8. The lowest BCUT2D eigenvalue weighted by Crippen LogP contribution is -2.38. The molecule has 0 saturated heterocycles. The summed E-state index contributed by atoms with van der Waals surface area (Å²) in [6, 6.07) is 2.37. The molecule has 0 radical (unpaired) electrons. The highest BCUT2D eigenvalue weighted by Crippen LogP contribution is 2.18. The maximum absolute atomic E-state index is 11.8. The highest BCUT2D eigenvalue weighted by Gasteiger charge is 2.21. The van der Waals surface area contributed by atoms with E-state index in [1.54, 1.807) is 6.07 Å². The number of aliphatic imine (C=N–C) groups is 1. The fourth-order valence-corrected chi connectivity index (χ4v) is 1.90. The zero-order valence-electron chi connectivity index (χ0n) is 12.7. The highest BCUT2D eigenvalue weighted by molar-refractivity contribution is 5.92. The molecule has 116 valence electrons. The Morgan fingerprint density at radius 2 is 2.24 bits per heavy atom. The number of carbonyl (C=O) groups excluding carboxylic acids is 1. The molecule has 0 spiro atoms. The summed E-state index contributed by atoms with van der Waals surface area (Å²) in [5, 5.41) is 9.42. The van der Waals surface area contributed by atoms with Crippen LogP contribution in [-0.2, 0) is 0 Å². The topological polar surface area (TPSA) is 78.7 Å². The number of amides is 1. The van der Waals surface area contributed by atoms with Gasteiger partial charge in [-0.1, -0.05) is 0 Å². The van der Waals surface area contributed by atoms with Crippen molar-refractivity contribution in [3.8, 4) is 0 Å². The summed E-state index contributed by atoms with van der Waals surface area (Å²) < 4.78 is 5.14. The summed E-state index contributed by atoms with van der Waals surface area (Å²) in [7, 11) is 0. The summed E-state index contributed by atoms with van der Waals surface area (Å²) >= 11 is 0. The minimum absolute atomic E-state index is 0.163. The van der Waals surface area contributed by atoms with Crippen molar-refractivity contribution in [1.82, 2.24) is 16.0 Å². The van der Waals surface area contributed by atoms with Gasteiger partial charge in [-0.3, -0.25) is 9.79 Å². The quantitative estimate of drug-likeness (QED) is 0.403. The second-order valence-corrected chi connectivity index (χ2v) is 5.22. The SMILES string of the molecule is CCNC(=NCCCNC(=O)c1occc1C)NC1CC1. The number of nitrogens with one attached hydrogen (secondary N) is 3. The van der Waals surface area contributed by atoms with Gasteiger partial charge in [-0.25, -0.2) is 0 Å². The molecule has 0 aliphatic heterocycles. The molecule has 3 N–H and O–H groups in total. The Balaban J connectivity index is 1.66. The van der Waals surface area contributed by atoms with Crippen molar-refractivity contribution >= 4 is 11.9 Å². The van der Waals surface area contributed by atoms with Crippen LogP contribution in [0, 0.1) is 6.92 Å². The van der Waals surface area contributed by atoms with E-state index in [0.717, 1.165) is 24.5 Å². The number of hydrogen-bond acceptors (Lipinski definition) is 3. The second kappa shape index (κ2) is 7.71. The number of rotatable bonds is 7. The average molecular weight is 292 g/mol. The van der Waals surface area contributed by atoms with Crippen molar-refractivity contribution < 1.29 is 9.21 Å². The van der Waals surface area contributed by atoms with Crippen LogP contribution in [0.25, 0.3) is 0 Å². The van der Waals surface area contributed by atoms with Gasteiger partial charge in [-0.15, -0.1) is 0 Å². The number of carbonyl (C=O) groups is 1. The third-order valence-electron chi connectivity index (χ3n) is 3.22. The van der Waals surface area contributed by atoms with Crippen LogP contribution in [0.2, 0.25) is 0 Å². The first-order valence-electron chi connectivity index (χ1n) is 7.58. The Morgan fingerprint density at radius 3 is 2.86 bits per heavy atom. The highest BCUT2D eigenvalue weighted by atomic mass is 16.3. The first-order valence-corrected chi connectivity index (χ1v) is 7.58. The molecule has 0 atom stereocenters. The molecule has 1 aliphatic rings. The lowest BCUT2D eigenvalue weighted by molar-refractivity contribution is 0.0925. The van der Waals surface area contributed by atoms with Gasteiger partial charge in [0.1, 0.15) is 0 Å². The fourth-order valence-electron chi connectivity index (χ4n) is 1.90. The number of hydrogen-bond donors (Lipinski definition) is 3. The van der Waals surface area contributed by atoms with Gasteiger partial charge in [0.15, 0.2) is 11.7 Å². The number of furan rings is 1. The summed E-state index contributed by atoms with van der Waals surface area (Å²) in [5.74, 6) is 1.10. The predicted molar refractivity (Wildman–Crippen MR) is 82.5 cm³/mol. The third kappa shape index (κ3) is 5.13. The molecule has 1 aliphatic carbocycles. The van der Waals surface area contributed by atoms with Gasteiger partial charge in [-0.2, -0.15) is 0 Å².